The first-order chi connectivity index (χ1) is 29.3. The van der Waals surface area contributed by atoms with Gasteiger partial charge in [-0.2, -0.15) is 0 Å². The number of para-hydroxylation sites is 2. The molecule has 0 fully saturated rings. The summed E-state index contributed by atoms with van der Waals surface area (Å²) in [7, 11) is -2.07. The molecule has 2 aliphatic carbocycles. The number of fused-ring (bicyclic) bond motifs is 8. The molecule has 0 atom stereocenters. The van der Waals surface area contributed by atoms with E-state index in [0.717, 1.165) is 0 Å². The highest BCUT2D eigenvalue weighted by Crippen LogP contribution is 2.54. The zero-order chi connectivity index (χ0) is 43.5. The van der Waals surface area contributed by atoms with E-state index in [2.05, 4.69) is 219 Å². The van der Waals surface area contributed by atoms with Gasteiger partial charge in [-0.25, -0.2) is 0 Å². The number of nitrogens with zero attached hydrogens (tertiary/aromatic N) is 2. The largest absolute Gasteiger partial charge is 0.377 e. The van der Waals surface area contributed by atoms with Crippen molar-refractivity contribution in [3.8, 4) is 0 Å². The summed E-state index contributed by atoms with van der Waals surface area (Å²) in [6.07, 6.45) is 2.38. The molecule has 0 bridgehead atoms. The summed E-state index contributed by atoms with van der Waals surface area (Å²) in [6.45, 7) is 29.4. The SMILES string of the molecule is Cc1cc2c(cc1N1c3cc4c(cc3B(N3c5ccccc5[Si](C)(C)c5cccc(C)c53)c3cc5ccccc5cc31)C(C)(C)c1ccccc1C4(C)C)C(C)(C)CCC2(C)C. The van der Waals surface area contributed by atoms with Gasteiger partial charge in [0.1, 0.15) is 8.07 Å². The molecule has 0 saturated carbocycles. The smallest absolute Gasteiger partial charge is 0.332 e. The van der Waals surface area contributed by atoms with Gasteiger partial charge >= 0.3 is 6.85 Å². The molecule has 4 aliphatic rings. The van der Waals surface area contributed by atoms with Gasteiger partial charge in [-0.05, 0) is 138 Å². The van der Waals surface area contributed by atoms with Crippen LogP contribution >= 0.6 is 0 Å². The molecule has 62 heavy (non-hydrogen) atoms. The number of aryl methyl sites for hydroxylation is 2. The highest BCUT2D eigenvalue weighted by molar-refractivity contribution is 7.04. The van der Waals surface area contributed by atoms with Crippen molar-refractivity contribution in [2.45, 2.75) is 117 Å². The molecule has 7 aromatic rings. The van der Waals surface area contributed by atoms with Crippen molar-refractivity contribution in [3.05, 3.63) is 172 Å². The van der Waals surface area contributed by atoms with Crippen LogP contribution in [0.3, 0.4) is 0 Å². The standard InChI is InChI=1S/C58H61BN2Si/c1-36-20-19-27-53-54(36)61(48-25-17-18-26-52(48)62(53,11)12)59-46-31-38-21-13-14-22-39(38)32-50(46)60(49-34-43-42(30-37(49)2)55(3,4)28-29-56(43,5)6)51-35-45-44(33-47(51)59)57(7,8)40-23-15-16-24-41(40)58(45,9)10/h13-27,30-35H,28-29H2,1-12H3. The minimum atomic E-state index is -2.07. The van der Waals surface area contributed by atoms with Crippen LogP contribution in [0.1, 0.15) is 113 Å². The minimum Gasteiger partial charge on any atom is -0.377 e. The van der Waals surface area contributed by atoms with Gasteiger partial charge in [-0.3, -0.25) is 0 Å². The molecule has 0 unspecified atom stereocenters. The van der Waals surface area contributed by atoms with Gasteiger partial charge in [0.05, 0.1) is 0 Å². The quantitative estimate of drug-likeness (QED) is 0.160. The van der Waals surface area contributed by atoms with Crippen molar-refractivity contribution in [3.63, 3.8) is 0 Å². The molecule has 0 spiro atoms. The van der Waals surface area contributed by atoms with Crippen LogP contribution < -0.4 is 31.0 Å². The molecule has 0 aromatic heterocycles. The maximum Gasteiger partial charge on any atom is 0.332 e. The van der Waals surface area contributed by atoms with Gasteiger partial charge in [0.2, 0.25) is 0 Å². The summed E-state index contributed by atoms with van der Waals surface area (Å²) in [5, 5.41) is 5.58. The van der Waals surface area contributed by atoms with Crippen LogP contribution in [0.2, 0.25) is 13.1 Å². The van der Waals surface area contributed by atoms with Gasteiger partial charge in [0.15, 0.2) is 0 Å². The van der Waals surface area contributed by atoms with Crippen molar-refractivity contribution in [2.24, 2.45) is 0 Å². The van der Waals surface area contributed by atoms with E-state index in [1.165, 1.54) is 118 Å². The molecule has 0 radical (unpaired) electrons. The average Bonchev–Trinajstić information content (AvgIpc) is 3.24. The van der Waals surface area contributed by atoms with Gasteiger partial charge in [0, 0.05) is 39.3 Å². The van der Waals surface area contributed by atoms with E-state index in [1.54, 1.807) is 0 Å². The first-order valence-corrected chi connectivity index (χ1v) is 26.1. The van der Waals surface area contributed by atoms with Crippen molar-refractivity contribution in [1.82, 2.24) is 0 Å². The van der Waals surface area contributed by atoms with E-state index >= 15 is 0 Å². The van der Waals surface area contributed by atoms with Crippen molar-refractivity contribution in [2.75, 3.05) is 9.71 Å². The molecule has 11 rings (SSSR count). The highest BCUT2D eigenvalue weighted by atomic mass is 28.3. The van der Waals surface area contributed by atoms with Crippen LogP contribution in [0.5, 0.6) is 0 Å². The monoisotopic (exact) mass is 824 g/mol. The van der Waals surface area contributed by atoms with Gasteiger partial charge < -0.3 is 9.71 Å². The maximum atomic E-state index is 2.79. The van der Waals surface area contributed by atoms with Crippen LogP contribution in [-0.2, 0) is 21.7 Å². The number of anilines is 5. The molecule has 2 nitrogen and oxygen atoms in total. The molecule has 0 N–H and O–H groups in total. The van der Waals surface area contributed by atoms with Crippen LogP contribution in [-0.4, -0.2) is 14.9 Å². The molecular formula is C58H61BN2Si. The Morgan fingerprint density at radius 2 is 0.968 bits per heavy atom. The van der Waals surface area contributed by atoms with Crippen molar-refractivity contribution >= 4 is 75.4 Å². The van der Waals surface area contributed by atoms with Crippen LogP contribution in [0.25, 0.3) is 10.8 Å². The number of rotatable bonds is 2. The second-order valence-corrected chi connectivity index (χ2v) is 26.5. The van der Waals surface area contributed by atoms with Crippen LogP contribution in [0.4, 0.5) is 28.4 Å². The van der Waals surface area contributed by atoms with E-state index in [-0.39, 0.29) is 28.5 Å². The first kappa shape index (κ1) is 39.5. The lowest BCUT2D eigenvalue weighted by Crippen LogP contribution is -2.67. The summed E-state index contributed by atoms with van der Waals surface area (Å²) in [5.41, 5.74) is 20.5. The number of benzene rings is 7. The summed E-state index contributed by atoms with van der Waals surface area (Å²) >= 11 is 0. The first-order valence-electron chi connectivity index (χ1n) is 23.1. The molecule has 0 saturated heterocycles. The highest BCUT2D eigenvalue weighted by Gasteiger charge is 2.50. The third-order valence-corrected chi connectivity index (χ3v) is 19.9. The normalized spacial score (nSPS) is 19.1. The summed E-state index contributed by atoms with van der Waals surface area (Å²) in [4.78, 5) is 5.49. The second kappa shape index (κ2) is 12.9. The Balaban J connectivity index is 1.30. The van der Waals surface area contributed by atoms with Crippen molar-refractivity contribution in [1.29, 1.82) is 0 Å². The molecule has 0 amide bonds. The topological polar surface area (TPSA) is 6.48 Å². The Morgan fingerprint density at radius 3 is 1.65 bits per heavy atom. The van der Waals surface area contributed by atoms with E-state index in [9.17, 15) is 0 Å². The number of hydrogen-bond acceptors (Lipinski definition) is 2. The Kier molecular flexibility index (Phi) is 8.21. The van der Waals surface area contributed by atoms with E-state index < -0.39 is 8.07 Å². The Bertz CT molecular complexity index is 3060. The predicted molar refractivity (Wildman–Crippen MR) is 271 cm³/mol. The van der Waals surface area contributed by atoms with Crippen LogP contribution in [0.15, 0.2) is 127 Å². The number of hydrogen-bond donors (Lipinski definition) is 0. The zero-order valence-electron chi connectivity index (χ0n) is 39.0. The average molecular weight is 825 g/mol. The summed E-state index contributed by atoms with van der Waals surface area (Å²) < 4.78 is 0. The van der Waals surface area contributed by atoms with E-state index in [4.69, 9.17) is 0 Å². The molecule has 7 aromatic carbocycles. The molecule has 4 heteroatoms. The third-order valence-electron chi connectivity index (χ3n) is 16.4. The molecule has 310 valence electrons. The minimum absolute atomic E-state index is 0.0711. The third kappa shape index (κ3) is 5.28. The van der Waals surface area contributed by atoms with E-state index in [0.29, 0.717) is 0 Å². The Morgan fingerprint density at radius 1 is 0.452 bits per heavy atom. The summed E-state index contributed by atoms with van der Waals surface area (Å²) in [5.74, 6) is 0. The molecular weight excluding hydrogens is 764 g/mol. The lowest BCUT2D eigenvalue weighted by Gasteiger charge is -2.50. The Labute approximate surface area is 372 Å². The fourth-order valence-corrected chi connectivity index (χ4v) is 15.7. The molecule has 2 heterocycles. The maximum absolute atomic E-state index is 2.79. The van der Waals surface area contributed by atoms with Gasteiger partial charge in [0.25, 0.3) is 0 Å². The van der Waals surface area contributed by atoms with Gasteiger partial charge in [-0.15, -0.1) is 0 Å². The van der Waals surface area contributed by atoms with Crippen molar-refractivity contribution < 1.29 is 0 Å². The molecule has 2 aliphatic heterocycles. The van der Waals surface area contributed by atoms with E-state index in [1.807, 2.05) is 0 Å². The fraction of sp³-hybridized carbons (Fsp3) is 0.310. The zero-order valence-corrected chi connectivity index (χ0v) is 40.0. The second-order valence-electron chi connectivity index (χ2n) is 22.2. The lowest BCUT2D eigenvalue weighted by atomic mass is 9.44. The summed E-state index contributed by atoms with van der Waals surface area (Å²) in [6, 6.07) is 50.3. The van der Waals surface area contributed by atoms with Crippen LogP contribution in [0, 0.1) is 13.8 Å². The predicted octanol–water partition coefficient (Wildman–Crippen LogP) is 12.6. The van der Waals surface area contributed by atoms with Gasteiger partial charge in [-0.1, -0.05) is 172 Å². The lowest BCUT2D eigenvalue weighted by molar-refractivity contribution is 0.332. The Hall–Kier alpha value is -5.32. The fourth-order valence-electron chi connectivity index (χ4n) is 12.6.